The summed E-state index contributed by atoms with van der Waals surface area (Å²) in [7, 11) is 0. The molecular formula is C21H21FN4O3. The van der Waals surface area contributed by atoms with Crippen LogP contribution in [0.4, 0.5) is 10.2 Å². The molecule has 0 saturated carbocycles. The first-order chi connectivity index (χ1) is 14.0. The first-order valence-electron chi connectivity index (χ1n) is 9.69. The van der Waals surface area contributed by atoms with Crippen molar-refractivity contribution in [2.75, 3.05) is 18.0 Å². The number of alkyl halides is 1. The zero-order valence-corrected chi connectivity index (χ0v) is 16.2. The molecule has 8 heteroatoms. The molecule has 3 aromatic rings. The molecular weight excluding hydrogens is 375 g/mol. The number of carbonyl (C=O) groups excluding carboxylic acids is 1. The number of amides is 1. The van der Waals surface area contributed by atoms with Crippen LogP contribution in [-0.4, -0.2) is 41.2 Å². The number of aromatic nitrogens is 2. The van der Waals surface area contributed by atoms with E-state index in [0.717, 1.165) is 22.6 Å². The van der Waals surface area contributed by atoms with E-state index in [0.29, 0.717) is 42.3 Å². The van der Waals surface area contributed by atoms with E-state index in [1.165, 1.54) is 0 Å². The summed E-state index contributed by atoms with van der Waals surface area (Å²) < 4.78 is 26.4. The molecule has 1 N–H and O–H groups in total. The van der Waals surface area contributed by atoms with Crippen LogP contribution < -0.4 is 15.0 Å². The van der Waals surface area contributed by atoms with E-state index >= 15 is 0 Å². The van der Waals surface area contributed by atoms with Crippen LogP contribution in [0, 0.1) is 13.8 Å². The third-order valence-corrected chi connectivity index (χ3v) is 5.46. The Labute approximate surface area is 166 Å². The van der Waals surface area contributed by atoms with Gasteiger partial charge >= 0.3 is 0 Å². The number of hydrogen-bond acceptors (Lipinski definition) is 6. The number of rotatable bonds is 3. The molecule has 1 fully saturated rings. The second-order valence-electron chi connectivity index (χ2n) is 7.58. The lowest BCUT2D eigenvalue weighted by Gasteiger charge is -2.36. The third-order valence-electron chi connectivity index (χ3n) is 5.46. The maximum absolute atomic E-state index is 15.0. The standard InChI is InChI=1S/C21H21FN4O3/c1-11-7-14-17(9-23-21(14)27)25-20(11)26-6-5-18(15(22)10-26)29-13-3-4-16-19(8-13)28-12(2)24-16/h3-4,7-8,15,18H,5-6,9-10H2,1-2H3,(H,23,27)/t15-,18+/m0/s1. The molecule has 0 aliphatic carbocycles. The number of fused-ring (bicyclic) bond motifs is 2. The minimum Gasteiger partial charge on any atom is -0.487 e. The molecule has 0 unspecified atom stereocenters. The number of benzene rings is 1. The number of aryl methyl sites for hydroxylation is 2. The summed E-state index contributed by atoms with van der Waals surface area (Å²) in [4.78, 5) is 22.6. The minimum absolute atomic E-state index is 0.100. The molecule has 1 aromatic carbocycles. The van der Waals surface area contributed by atoms with Gasteiger partial charge in [-0.1, -0.05) is 0 Å². The van der Waals surface area contributed by atoms with Gasteiger partial charge in [0.1, 0.15) is 23.2 Å². The lowest BCUT2D eigenvalue weighted by Crippen LogP contribution is -2.47. The summed E-state index contributed by atoms with van der Waals surface area (Å²) in [5.74, 6) is 1.80. The smallest absolute Gasteiger partial charge is 0.253 e. The van der Waals surface area contributed by atoms with Gasteiger partial charge in [-0.3, -0.25) is 4.79 Å². The number of hydrogen-bond donors (Lipinski definition) is 1. The highest BCUT2D eigenvalue weighted by molar-refractivity contribution is 5.98. The monoisotopic (exact) mass is 396 g/mol. The second kappa shape index (κ2) is 6.72. The highest BCUT2D eigenvalue weighted by Crippen LogP contribution is 2.29. The molecule has 2 atom stereocenters. The van der Waals surface area contributed by atoms with Gasteiger partial charge in [-0.05, 0) is 30.7 Å². The van der Waals surface area contributed by atoms with Crippen LogP contribution in [0.25, 0.3) is 11.1 Å². The fourth-order valence-electron chi connectivity index (χ4n) is 4.03. The molecule has 2 aliphatic rings. The summed E-state index contributed by atoms with van der Waals surface area (Å²) in [5, 5.41) is 2.77. The van der Waals surface area contributed by atoms with Gasteiger partial charge in [0.05, 0.1) is 24.3 Å². The van der Waals surface area contributed by atoms with Crippen molar-refractivity contribution in [3.63, 3.8) is 0 Å². The van der Waals surface area contributed by atoms with Crippen molar-refractivity contribution in [1.29, 1.82) is 0 Å². The Morgan fingerprint density at radius 1 is 1.28 bits per heavy atom. The molecule has 2 aromatic heterocycles. The average molecular weight is 396 g/mol. The van der Waals surface area contributed by atoms with E-state index in [2.05, 4.69) is 15.3 Å². The molecule has 4 heterocycles. The molecule has 5 rings (SSSR count). The number of halogens is 1. The van der Waals surface area contributed by atoms with Crippen molar-refractivity contribution in [2.45, 2.75) is 39.1 Å². The number of nitrogens with one attached hydrogen (secondary N) is 1. The molecule has 150 valence electrons. The first kappa shape index (κ1) is 17.9. The molecule has 0 spiro atoms. The zero-order chi connectivity index (χ0) is 20.1. The molecule has 2 aliphatic heterocycles. The van der Waals surface area contributed by atoms with Crippen LogP contribution in [0.15, 0.2) is 28.7 Å². The number of piperidine rings is 1. The third kappa shape index (κ3) is 3.18. The minimum atomic E-state index is -1.16. The topological polar surface area (TPSA) is 80.5 Å². The molecule has 1 amide bonds. The number of anilines is 1. The number of oxazole rings is 1. The van der Waals surface area contributed by atoms with Gasteiger partial charge in [-0.25, -0.2) is 14.4 Å². The highest BCUT2D eigenvalue weighted by Gasteiger charge is 2.33. The predicted molar refractivity (Wildman–Crippen MR) is 105 cm³/mol. The Balaban J connectivity index is 1.31. The van der Waals surface area contributed by atoms with Gasteiger partial charge in [0.15, 0.2) is 17.6 Å². The number of nitrogens with zero attached hydrogens (tertiary/aromatic N) is 3. The van der Waals surface area contributed by atoms with Crippen molar-refractivity contribution in [3.05, 3.63) is 47.0 Å². The predicted octanol–water partition coefficient (Wildman–Crippen LogP) is 3.08. The van der Waals surface area contributed by atoms with Gasteiger partial charge < -0.3 is 19.4 Å². The summed E-state index contributed by atoms with van der Waals surface area (Å²) in [6.45, 7) is 4.93. The largest absolute Gasteiger partial charge is 0.487 e. The lowest BCUT2D eigenvalue weighted by atomic mass is 10.0. The fraction of sp³-hybridized carbons (Fsp3) is 0.381. The first-order valence-corrected chi connectivity index (χ1v) is 9.69. The van der Waals surface area contributed by atoms with Gasteiger partial charge in [-0.15, -0.1) is 0 Å². The maximum atomic E-state index is 15.0. The van der Waals surface area contributed by atoms with Crippen LogP contribution in [0.1, 0.15) is 33.9 Å². The second-order valence-corrected chi connectivity index (χ2v) is 7.58. The average Bonchev–Trinajstić information content (AvgIpc) is 3.24. The Hall–Kier alpha value is -3.16. The number of ether oxygens (including phenoxy) is 1. The van der Waals surface area contributed by atoms with Gasteiger partial charge in [0, 0.05) is 26.0 Å². The number of pyridine rings is 1. The van der Waals surface area contributed by atoms with E-state index in [4.69, 9.17) is 9.15 Å². The Morgan fingerprint density at radius 3 is 2.97 bits per heavy atom. The van der Waals surface area contributed by atoms with E-state index in [1.54, 1.807) is 19.1 Å². The zero-order valence-electron chi connectivity index (χ0n) is 16.2. The van der Waals surface area contributed by atoms with Crippen LogP contribution >= 0.6 is 0 Å². The van der Waals surface area contributed by atoms with Crippen molar-refractivity contribution >= 4 is 22.8 Å². The fourth-order valence-corrected chi connectivity index (χ4v) is 4.03. The van der Waals surface area contributed by atoms with Crippen molar-refractivity contribution in [1.82, 2.24) is 15.3 Å². The van der Waals surface area contributed by atoms with Crippen molar-refractivity contribution in [2.24, 2.45) is 0 Å². The van der Waals surface area contributed by atoms with Gasteiger partial charge in [0.2, 0.25) is 0 Å². The molecule has 1 saturated heterocycles. The Bertz CT molecular complexity index is 1110. The lowest BCUT2D eigenvalue weighted by molar-refractivity contribution is 0.0819. The Kier molecular flexibility index (Phi) is 4.15. The molecule has 0 bridgehead atoms. The van der Waals surface area contributed by atoms with Crippen LogP contribution in [0.3, 0.4) is 0 Å². The van der Waals surface area contributed by atoms with E-state index in [9.17, 15) is 9.18 Å². The summed E-state index contributed by atoms with van der Waals surface area (Å²) in [6.07, 6.45) is -1.17. The van der Waals surface area contributed by atoms with Gasteiger partial charge in [0.25, 0.3) is 5.91 Å². The number of carbonyl (C=O) groups is 1. The normalized spacial score (nSPS) is 21.3. The SMILES string of the molecule is Cc1nc2ccc(O[C@@H]3CCN(c4nc5c(cc4C)C(=O)NC5)C[C@@H]3F)cc2o1. The Morgan fingerprint density at radius 2 is 2.14 bits per heavy atom. The van der Waals surface area contributed by atoms with Crippen LogP contribution in [0.5, 0.6) is 5.75 Å². The highest BCUT2D eigenvalue weighted by atomic mass is 19.1. The maximum Gasteiger partial charge on any atom is 0.253 e. The van der Waals surface area contributed by atoms with E-state index in [-0.39, 0.29) is 12.5 Å². The summed E-state index contributed by atoms with van der Waals surface area (Å²) in [5.41, 5.74) is 3.60. The quantitative estimate of drug-likeness (QED) is 0.733. The summed E-state index contributed by atoms with van der Waals surface area (Å²) >= 11 is 0. The summed E-state index contributed by atoms with van der Waals surface area (Å²) in [6, 6.07) is 7.20. The van der Waals surface area contributed by atoms with Crippen molar-refractivity contribution < 1.29 is 18.3 Å². The van der Waals surface area contributed by atoms with Crippen LogP contribution in [-0.2, 0) is 6.54 Å². The van der Waals surface area contributed by atoms with E-state index in [1.807, 2.05) is 24.0 Å². The molecule has 29 heavy (non-hydrogen) atoms. The van der Waals surface area contributed by atoms with Crippen molar-refractivity contribution in [3.8, 4) is 5.75 Å². The van der Waals surface area contributed by atoms with E-state index < -0.39 is 12.3 Å². The van der Waals surface area contributed by atoms with Gasteiger partial charge in [-0.2, -0.15) is 0 Å². The molecule has 7 nitrogen and oxygen atoms in total. The van der Waals surface area contributed by atoms with Crippen LogP contribution in [0.2, 0.25) is 0 Å². The molecule has 0 radical (unpaired) electrons.